The number of rotatable bonds is 34. The molecule has 0 fully saturated rings. The van der Waals surface area contributed by atoms with Gasteiger partial charge >= 0.3 is 0 Å². The van der Waals surface area contributed by atoms with Crippen LogP contribution in [0, 0.1) is 0 Å². The number of likely N-dealkylation sites (N-methyl/N-ethyl adjacent to an activating group) is 2. The molecule has 1 rings (SSSR count). The quantitative estimate of drug-likeness (QED) is 0.0717. The van der Waals surface area contributed by atoms with Gasteiger partial charge in [0.05, 0.1) is 0 Å². The van der Waals surface area contributed by atoms with Gasteiger partial charge in [0, 0.05) is 37.3 Å². The Kier molecular flexibility index (Phi) is 29.7. The Bertz CT molecular complexity index is 825. The van der Waals surface area contributed by atoms with Crippen molar-refractivity contribution in [3.63, 3.8) is 0 Å². The number of nitrogens with one attached hydrogen (secondary N) is 2. The molecule has 2 amide bonds. The first-order valence-electron chi connectivity index (χ1n) is 20.7. The third-order valence-electron chi connectivity index (χ3n) is 9.86. The lowest BCUT2D eigenvalue weighted by Crippen LogP contribution is -2.36. The zero-order valence-electron chi connectivity index (χ0n) is 32.2. The first-order valence-corrected chi connectivity index (χ1v) is 20.7. The molecular formula is C42H78N4O2. The molecule has 0 bridgehead atoms. The highest BCUT2D eigenvalue weighted by molar-refractivity contribution is 5.99. The van der Waals surface area contributed by atoms with Crippen molar-refractivity contribution in [1.29, 1.82) is 0 Å². The molecule has 0 atom stereocenters. The molecular weight excluding hydrogens is 592 g/mol. The molecule has 0 saturated heterocycles. The summed E-state index contributed by atoms with van der Waals surface area (Å²) in [7, 11) is 0. The number of carbonyl (C=O) groups excluding carboxylic acids is 2. The van der Waals surface area contributed by atoms with E-state index in [0.29, 0.717) is 24.2 Å². The summed E-state index contributed by atoms with van der Waals surface area (Å²) in [6.45, 7) is 16.1. The molecule has 48 heavy (non-hydrogen) atoms. The van der Waals surface area contributed by atoms with Gasteiger partial charge in [0.25, 0.3) is 11.8 Å². The minimum absolute atomic E-state index is 0.112. The number of amides is 2. The van der Waals surface area contributed by atoms with Crippen LogP contribution in [0.5, 0.6) is 0 Å². The third kappa shape index (κ3) is 24.3. The lowest BCUT2D eigenvalue weighted by molar-refractivity contribution is 0.0947. The van der Waals surface area contributed by atoms with Gasteiger partial charge in [0.2, 0.25) is 0 Å². The predicted octanol–water partition coefficient (Wildman–Crippen LogP) is 10.4. The number of hydrogen-bond donors (Lipinski definition) is 2. The van der Waals surface area contributed by atoms with Crippen LogP contribution in [0.3, 0.4) is 0 Å². The molecule has 0 aliphatic carbocycles. The van der Waals surface area contributed by atoms with E-state index in [1.165, 1.54) is 141 Å². The summed E-state index contributed by atoms with van der Waals surface area (Å²) in [5.74, 6) is -0.223. The SMILES string of the molecule is CCCCCCCCCCCCCN(CC)CCNC(=O)c1cccc(C(=O)NCCN(CC)CCCCCCCCCCCCC)c1. The van der Waals surface area contributed by atoms with Gasteiger partial charge in [-0.15, -0.1) is 0 Å². The fourth-order valence-corrected chi connectivity index (χ4v) is 6.52. The van der Waals surface area contributed by atoms with Crippen molar-refractivity contribution in [2.45, 2.75) is 169 Å². The van der Waals surface area contributed by atoms with E-state index in [4.69, 9.17) is 0 Å². The van der Waals surface area contributed by atoms with Crippen molar-refractivity contribution in [1.82, 2.24) is 20.4 Å². The van der Waals surface area contributed by atoms with E-state index < -0.39 is 0 Å². The van der Waals surface area contributed by atoms with Crippen molar-refractivity contribution in [2.75, 3.05) is 52.4 Å². The van der Waals surface area contributed by atoms with E-state index in [9.17, 15) is 9.59 Å². The molecule has 0 aromatic heterocycles. The largest absolute Gasteiger partial charge is 0.351 e. The molecule has 0 saturated carbocycles. The summed E-state index contributed by atoms with van der Waals surface area (Å²) >= 11 is 0. The van der Waals surface area contributed by atoms with Crippen molar-refractivity contribution >= 4 is 11.8 Å². The van der Waals surface area contributed by atoms with E-state index in [-0.39, 0.29) is 11.8 Å². The van der Waals surface area contributed by atoms with E-state index >= 15 is 0 Å². The summed E-state index contributed by atoms with van der Waals surface area (Å²) in [6.07, 6.45) is 29.9. The molecule has 6 heteroatoms. The van der Waals surface area contributed by atoms with E-state index in [2.05, 4.69) is 48.1 Å². The highest BCUT2D eigenvalue weighted by atomic mass is 16.2. The van der Waals surface area contributed by atoms with Crippen molar-refractivity contribution in [3.8, 4) is 0 Å². The molecule has 0 aliphatic rings. The molecule has 0 aliphatic heterocycles. The Morgan fingerprint density at radius 3 is 1.08 bits per heavy atom. The Morgan fingerprint density at radius 1 is 0.458 bits per heavy atom. The van der Waals surface area contributed by atoms with Crippen LogP contribution >= 0.6 is 0 Å². The normalized spacial score (nSPS) is 11.5. The van der Waals surface area contributed by atoms with Gasteiger partial charge in [-0.25, -0.2) is 0 Å². The smallest absolute Gasteiger partial charge is 0.251 e. The van der Waals surface area contributed by atoms with Crippen LogP contribution < -0.4 is 10.6 Å². The Balaban J connectivity index is 2.20. The molecule has 0 unspecified atom stereocenters. The predicted molar refractivity (Wildman–Crippen MR) is 208 cm³/mol. The van der Waals surface area contributed by atoms with Crippen LogP contribution in [0.1, 0.15) is 190 Å². The second-order valence-corrected chi connectivity index (χ2v) is 14.0. The standard InChI is InChI=1S/C42H78N4O2/c1-5-9-11-13-15-17-19-21-23-25-27-34-45(7-3)36-32-43-41(47)39-30-29-31-40(38-39)42(48)44-33-37-46(8-4)35-28-26-24-22-20-18-16-14-12-10-6-2/h29-31,38H,5-28,32-37H2,1-4H3,(H,43,47)(H,44,48). The molecule has 0 spiro atoms. The molecule has 6 nitrogen and oxygen atoms in total. The third-order valence-corrected chi connectivity index (χ3v) is 9.86. The number of nitrogens with zero attached hydrogens (tertiary/aromatic N) is 2. The van der Waals surface area contributed by atoms with Gasteiger partial charge < -0.3 is 20.4 Å². The average Bonchev–Trinajstić information content (AvgIpc) is 3.11. The van der Waals surface area contributed by atoms with Crippen LogP contribution in [-0.2, 0) is 0 Å². The first kappa shape index (κ1) is 44.1. The molecule has 2 N–H and O–H groups in total. The first-order chi connectivity index (χ1) is 23.5. The zero-order chi connectivity index (χ0) is 34.9. The van der Waals surface area contributed by atoms with Gasteiger partial charge in [-0.05, 0) is 57.2 Å². The van der Waals surface area contributed by atoms with Gasteiger partial charge in [0.1, 0.15) is 0 Å². The van der Waals surface area contributed by atoms with Gasteiger partial charge in [-0.1, -0.05) is 162 Å². The van der Waals surface area contributed by atoms with Crippen molar-refractivity contribution in [2.24, 2.45) is 0 Å². The number of carbonyl (C=O) groups is 2. The maximum atomic E-state index is 12.9. The van der Waals surface area contributed by atoms with E-state index in [1.807, 2.05) is 0 Å². The number of hydrogen-bond acceptors (Lipinski definition) is 4. The Morgan fingerprint density at radius 2 is 0.771 bits per heavy atom. The van der Waals surface area contributed by atoms with Gasteiger partial charge in [0.15, 0.2) is 0 Å². The minimum atomic E-state index is -0.112. The monoisotopic (exact) mass is 671 g/mol. The molecule has 1 aromatic carbocycles. The zero-order valence-corrected chi connectivity index (χ0v) is 32.2. The Labute approximate surface area is 298 Å². The lowest BCUT2D eigenvalue weighted by atomic mass is 10.1. The molecule has 1 aromatic rings. The summed E-state index contributed by atoms with van der Waals surface area (Å²) in [5.41, 5.74) is 1.09. The highest BCUT2D eigenvalue weighted by Gasteiger charge is 2.12. The van der Waals surface area contributed by atoms with Crippen LogP contribution in [0.25, 0.3) is 0 Å². The molecule has 0 heterocycles. The van der Waals surface area contributed by atoms with Crippen LogP contribution in [0.15, 0.2) is 24.3 Å². The maximum Gasteiger partial charge on any atom is 0.251 e. The van der Waals surface area contributed by atoms with E-state index in [0.717, 1.165) is 39.3 Å². The topological polar surface area (TPSA) is 64.7 Å². The molecule has 0 radical (unpaired) electrons. The van der Waals surface area contributed by atoms with Crippen molar-refractivity contribution < 1.29 is 9.59 Å². The summed E-state index contributed by atoms with van der Waals surface area (Å²) in [5, 5.41) is 6.13. The highest BCUT2D eigenvalue weighted by Crippen LogP contribution is 2.13. The summed E-state index contributed by atoms with van der Waals surface area (Å²) < 4.78 is 0. The summed E-state index contributed by atoms with van der Waals surface area (Å²) in [4.78, 5) is 30.6. The fourth-order valence-electron chi connectivity index (χ4n) is 6.52. The van der Waals surface area contributed by atoms with E-state index in [1.54, 1.807) is 24.3 Å². The fraction of sp³-hybridized carbons (Fsp3) is 0.810. The number of benzene rings is 1. The van der Waals surface area contributed by atoms with Crippen LogP contribution in [0.2, 0.25) is 0 Å². The lowest BCUT2D eigenvalue weighted by Gasteiger charge is -2.21. The van der Waals surface area contributed by atoms with Gasteiger partial charge in [-0.3, -0.25) is 9.59 Å². The minimum Gasteiger partial charge on any atom is -0.351 e. The Hall–Kier alpha value is -1.92. The number of unbranched alkanes of at least 4 members (excludes halogenated alkanes) is 20. The van der Waals surface area contributed by atoms with Crippen LogP contribution in [0.4, 0.5) is 0 Å². The second-order valence-electron chi connectivity index (χ2n) is 14.0. The van der Waals surface area contributed by atoms with Crippen molar-refractivity contribution in [3.05, 3.63) is 35.4 Å². The van der Waals surface area contributed by atoms with Gasteiger partial charge in [-0.2, -0.15) is 0 Å². The second kappa shape index (κ2) is 32.3. The average molecular weight is 671 g/mol. The maximum absolute atomic E-state index is 12.9. The molecule has 278 valence electrons. The van der Waals surface area contributed by atoms with Crippen LogP contribution in [-0.4, -0.2) is 74.0 Å². The summed E-state index contributed by atoms with van der Waals surface area (Å²) in [6, 6.07) is 7.11.